The van der Waals surface area contributed by atoms with Crippen molar-refractivity contribution in [3.05, 3.63) is 29.3 Å². The van der Waals surface area contributed by atoms with Crippen LogP contribution in [0.4, 0.5) is 0 Å². The van der Waals surface area contributed by atoms with Crippen LogP contribution in [-0.2, 0) is 6.42 Å². The van der Waals surface area contributed by atoms with Crippen LogP contribution in [0.1, 0.15) is 60.1 Å². The lowest BCUT2D eigenvalue weighted by Crippen LogP contribution is -2.43. The van der Waals surface area contributed by atoms with Gasteiger partial charge in [0.15, 0.2) is 0 Å². The predicted octanol–water partition coefficient (Wildman–Crippen LogP) is 3.91. The number of hydrogen-bond acceptors (Lipinski definition) is 2. The van der Waals surface area contributed by atoms with Crippen molar-refractivity contribution in [2.45, 2.75) is 57.4 Å². The molecule has 4 rings (SSSR count). The van der Waals surface area contributed by atoms with E-state index in [0.29, 0.717) is 24.7 Å². The van der Waals surface area contributed by atoms with Gasteiger partial charge in [0.2, 0.25) is 0 Å². The van der Waals surface area contributed by atoms with Crippen LogP contribution in [0.25, 0.3) is 0 Å². The molecule has 21 heavy (non-hydrogen) atoms. The van der Waals surface area contributed by atoms with E-state index < -0.39 is 17.9 Å². The first-order valence-electron chi connectivity index (χ1n) is 9.60. The summed E-state index contributed by atoms with van der Waals surface area (Å²) in [6.07, 6.45) is 0.0997. The zero-order valence-electron chi connectivity index (χ0n) is 15.9. The standard InChI is InChI=1S/C19H26O2/c1-19-10-9-15-14-6-4-13(21-2)11-12(14)3-5-16(15)17(19)7-8-18(19)20/h4,6,11,15-18,20H,3,5,7-10H2,1-2H3/t15-,16-,17+,18-,19+/m1/s1/i8D2,18D. The van der Waals surface area contributed by atoms with Crippen molar-refractivity contribution >= 4 is 0 Å². The smallest absolute Gasteiger partial charge is 0.119 e. The third-order valence-corrected chi connectivity index (χ3v) is 6.35. The molecule has 1 aromatic rings. The largest absolute Gasteiger partial charge is 0.497 e. The Morgan fingerprint density at radius 1 is 1.38 bits per heavy atom. The maximum atomic E-state index is 10.7. The maximum Gasteiger partial charge on any atom is 0.119 e. The van der Waals surface area contributed by atoms with Crippen molar-refractivity contribution < 1.29 is 14.0 Å². The first-order chi connectivity index (χ1) is 11.2. The van der Waals surface area contributed by atoms with Crippen LogP contribution >= 0.6 is 0 Å². The van der Waals surface area contributed by atoms with E-state index in [1.54, 1.807) is 7.11 Å². The fourth-order valence-corrected chi connectivity index (χ4v) is 5.08. The molecule has 0 saturated heterocycles. The molecular formula is C19H26O2. The predicted molar refractivity (Wildman–Crippen MR) is 83.6 cm³/mol. The van der Waals surface area contributed by atoms with Gasteiger partial charge in [0.1, 0.15) is 5.75 Å². The quantitative estimate of drug-likeness (QED) is 0.849. The summed E-state index contributed by atoms with van der Waals surface area (Å²) in [5, 5.41) is 10.7. The lowest BCUT2D eigenvalue weighted by molar-refractivity contribution is -0.0226. The van der Waals surface area contributed by atoms with Gasteiger partial charge in [-0.2, -0.15) is 0 Å². The van der Waals surface area contributed by atoms with Crippen molar-refractivity contribution in [1.82, 2.24) is 0 Å². The van der Waals surface area contributed by atoms with Gasteiger partial charge in [-0.15, -0.1) is 0 Å². The summed E-state index contributed by atoms with van der Waals surface area (Å²) >= 11 is 0. The van der Waals surface area contributed by atoms with Gasteiger partial charge in [-0.3, -0.25) is 0 Å². The van der Waals surface area contributed by atoms with Crippen LogP contribution in [0.5, 0.6) is 5.75 Å². The van der Waals surface area contributed by atoms with E-state index in [1.165, 1.54) is 11.1 Å². The highest BCUT2D eigenvalue weighted by molar-refractivity contribution is 5.40. The van der Waals surface area contributed by atoms with Gasteiger partial charge in [0.05, 0.1) is 14.6 Å². The second kappa shape index (κ2) is 4.74. The molecule has 2 saturated carbocycles. The highest BCUT2D eigenvalue weighted by Gasteiger charge is 2.54. The second-order valence-electron chi connectivity index (χ2n) is 7.17. The Morgan fingerprint density at radius 3 is 3.05 bits per heavy atom. The van der Waals surface area contributed by atoms with Crippen molar-refractivity contribution in [3.8, 4) is 5.75 Å². The summed E-state index contributed by atoms with van der Waals surface area (Å²) < 4.78 is 30.2. The van der Waals surface area contributed by atoms with Crippen LogP contribution in [0, 0.1) is 17.3 Å². The van der Waals surface area contributed by atoms with Crippen LogP contribution in [0.3, 0.4) is 0 Å². The summed E-state index contributed by atoms with van der Waals surface area (Å²) in [5.41, 5.74) is 2.07. The zero-order valence-corrected chi connectivity index (χ0v) is 12.9. The molecule has 3 aliphatic carbocycles. The molecule has 0 bridgehead atoms. The van der Waals surface area contributed by atoms with E-state index in [1.807, 2.05) is 13.0 Å². The fraction of sp³-hybridized carbons (Fsp3) is 0.684. The molecule has 1 aromatic carbocycles. The summed E-state index contributed by atoms with van der Waals surface area (Å²) in [4.78, 5) is 0. The number of aryl methyl sites for hydroxylation is 1. The number of methoxy groups -OCH3 is 1. The van der Waals surface area contributed by atoms with Crippen LogP contribution in [0.2, 0.25) is 0 Å². The zero-order chi connectivity index (χ0) is 17.3. The van der Waals surface area contributed by atoms with Crippen molar-refractivity contribution in [3.63, 3.8) is 0 Å². The topological polar surface area (TPSA) is 29.5 Å². The summed E-state index contributed by atoms with van der Waals surface area (Å²) in [6, 6.07) is 6.32. The number of ether oxygens (including phenoxy) is 1. The van der Waals surface area contributed by atoms with E-state index in [0.717, 1.165) is 25.0 Å². The number of benzene rings is 1. The molecule has 0 aromatic heterocycles. The van der Waals surface area contributed by atoms with Gasteiger partial charge in [0, 0.05) is 2.74 Å². The number of rotatable bonds is 1. The average Bonchev–Trinajstić information content (AvgIpc) is 2.70. The molecular weight excluding hydrogens is 260 g/mol. The normalized spacial score (nSPS) is 49.1. The Labute approximate surface area is 131 Å². The SMILES string of the molecule is [2H]C1([2H])C[C@H]2[C@@H]3CCc4cc(OC)ccc4[C@H]3CC[C@]2(C)[C@]1([2H])O. The third kappa shape index (κ3) is 1.88. The van der Waals surface area contributed by atoms with Gasteiger partial charge in [-0.25, -0.2) is 0 Å². The summed E-state index contributed by atoms with van der Waals surface area (Å²) in [6.45, 7) is 1.94. The van der Waals surface area contributed by atoms with Gasteiger partial charge >= 0.3 is 0 Å². The van der Waals surface area contributed by atoms with Crippen molar-refractivity contribution in [2.24, 2.45) is 17.3 Å². The number of fused-ring (bicyclic) bond motifs is 5. The van der Waals surface area contributed by atoms with Crippen molar-refractivity contribution in [1.29, 1.82) is 0 Å². The van der Waals surface area contributed by atoms with E-state index in [9.17, 15) is 5.11 Å². The molecule has 5 atom stereocenters. The van der Waals surface area contributed by atoms with E-state index >= 15 is 0 Å². The molecule has 0 amide bonds. The minimum Gasteiger partial charge on any atom is -0.497 e. The average molecular weight is 289 g/mol. The van der Waals surface area contributed by atoms with Crippen LogP contribution in [-0.4, -0.2) is 18.3 Å². The molecule has 2 fully saturated rings. The van der Waals surface area contributed by atoms with Gasteiger partial charge < -0.3 is 9.84 Å². The Hall–Kier alpha value is -1.02. The van der Waals surface area contributed by atoms with Crippen LogP contribution < -0.4 is 4.74 Å². The Morgan fingerprint density at radius 2 is 2.24 bits per heavy atom. The van der Waals surface area contributed by atoms with Gasteiger partial charge in [-0.1, -0.05) is 13.0 Å². The lowest BCUT2D eigenvalue weighted by Gasteiger charge is -2.50. The highest BCUT2D eigenvalue weighted by Crippen LogP contribution is 2.60. The first kappa shape index (κ1) is 10.7. The summed E-state index contributed by atoms with van der Waals surface area (Å²) in [5.74, 6) is 1.75. The monoisotopic (exact) mass is 289 g/mol. The number of aliphatic hydroxyl groups is 1. The van der Waals surface area contributed by atoms with Gasteiger partial charge in [0.25, 0.3) is 0 Å². The summed E-state index contributed by atoms with van der Waals surface area (Å²) in [7, 11) is 1.69. The number of hydrogen-bond donors (Lipinski definition) is 1. The molecule has 0 unspecified atom stereocenters. The van der Waals surface area contributed by atoms with E-state index in [-0.39, 0.29) is 5.92 Å². The van der Waals surface area contributed by atoms with Crippen LogP contribution in [0.15, 0.2) is 18.2 Å². The molecule has 114 valence electrons. The molecule has 3 aliphatic rings. The molecule has 0 spiro atoms. The minimum atomic E-state index is -1.99. The molecule has 2 heteroatoms. The van der Waals surface area contributed by atoms with Crippen molar-refractivity contribution in [2.75, 3.05) is 7.11 Å². The Bertz CT molecular complexity index is 673. The Kier molecular flexibility index (Phi) is 2.41. The van der Waals surface area contributed by atoms with E-state index in [2.05, 4.69) is 12.1 Å². The molecule has 2 nitrogen and oxygen atoms in total. The first-order valence-corrected chi connectivity index (χ1v) is 8.10. The molecule has 0 aliphatic heterocycles. The lowest BCUT2D eigenvalue weighted by atomic mass is 9.55. The molecule has 0 heterocycles. The van der Waals surface area contributed by atoms with E-state index in [4.69, 9.17) is 8.85 Å². The molecule has 0 radical (unpaired) electrons. The Balaban J connectivity index is 1.72. The third-order valence-electron chi connectivity index (χ3n) is 6.35. The minimum absolute atomic E-state index is 0.0731. The molecule has 1 N–H and O–H groups in total. The van der Waals surface area contributed by atoms with Gasteiger partial charge in [-0.05, 0) is 84.9 Å². The fourth-order valence-electron chi connectivity index (χ4n) is 5.08. The maximum absolute atomic E-state index is 10.7. The highest BCUT2D eigenvalue weighted by atomic mass is 16.5. The second-order valence-corrected chi connectivity index (χ2v) is 7.17.